The summed E-state index contributed by atoms with van der Waals surface area (Å²) in [5.74, 6) is -0.761. The Kier molecular flexibility index (Phi) is 2.96. The van der Waals surface area contributed by atoms with E-state index in [1.165, 1.54) is 11.8 Å². The van der Waals surface area contributed by atoms with Gasteiger partial charge in [-0.05, 0) is 18.4 Å². The number of carbonyl (C=O) groups is 1. The number of carboxylic acids is 1. The van der Waals surface area contributed by atoms with Crippen molar-refractivity contribution in [2.45, 2.75) is 16.4 Å². The van der Waals surface area contributed by atoms with Crippen molar-refractivity contribution in [3.05, 3.63) is 17.5 Å². The first-order valence-electron chi connectivity index (χ1n) is 3.13. The van der Waals surface area contributed by atoms with Crippen molar-refractivity contribution in [1.82, 2.24) is 0 Å². The molecule has 0 aliphatic rings. The average Bonchev–Trinajstić information content (AvgIpc) is 2.39. The summed E-state index contributed by atoms with van der Waals surface area (Å²) in [6.07, 6.45) is 0. The number of rotatable bonds is 3. The van der Waals surface area contributed by atoms with Crippen molar-refractivity contribution in [3.8, 4) is 0 Å². The van der Waals surface area contributed by atoms with Gasteiger partial charge in [0.2, 0.25) is 0 Å². The lowest BCUT2D eigenvalue weighted by Crippen LogP contribution is -2.10. The maximum atomic E-state index is 10.4. The van der Waals surface area contributed by atoms with E-state index in [2.05, 4.69) is 0 Å². The van der Waals surface area contributed by atoms with Gasteiger partial charge in [0, 0.05) is 0 Å². The van der Waals surface area contributed by atoms with E-state index in [1.54, 1.807) is 18.3 Å². The van der Waals surface area contributed by atoms with Gasteiger partial charge in [0.05, 0.1) is 4.21 Å². The van der Waals surface area contributed by atoms with Crippen molar-refractivity contribution in [2.24, 2.45) is 0 Å². The molecule has 0 saturated heterocycles. The summed E-state index contributed by atoms with van der Waals surface area (Å²) >= 11 is 2.95. The van der Waals surface area contributed by atoms with Gasteiger partial charge in [-0.25, -0.2) is 0 Å². The van der Waals surface area contributed by atoms with E-state index in [0.29, 0.717) is 0 Å². The van der Waals surface area contributed by atoms with Gasteiger partial charge >= 0.3 is 5.97 Å². The third-order valence-electron chi connectivity index (χ3n) is 1.14. The molecule has 0 aliphatic heterocycles. The van der Waals surface area contributed by atoms with Crippen LogP contribution in [-0.2, 0) is 4.79 Å². The van der Waals surface area contributed by atoms with Gasteiger partial charge in [0.1, 0.15) is 5.25 Å². The molecule has 1 atom stereocenters. The monoisotopic (exact) mass is 188 g/mol. The average molecular weight is 188 g/mol. The molecule has 1 aromatic heterocycles. The molecule has 0 fully saturated rings. The van der Waals surface area contributed by atoms with Crippen LogP contribution in [0, 0.1) is 0 Å². The molecule has 1 rings (SSSR count). The number of hydrogen-bond donors (Lipinski definition) is 1. The van der Waals surface area contributed by atoms with Crippen LogP contribution in [0.15, 0.2) is 21.7 Å². The molecule has 11 heavy (non-hydrogen) atoms. The van der Waals surface area contributed by atoms with Crippen LogP contribution in [0.3, 0.4) is 0 Å². The van der Waals surface area contributed by atoms with Gasteiger partial charge in [-0.1, -0.05) is 6.07 Å². The summed E-state index contributed by atoms with van der Waals surface area (Å²) in [5.41, 5.74) is 0. The topological polar surface area (TPSA) is 37.3 Å². The SMILES string of the molecule is C[C@@H](Sc1cccs1)C(=O)O. The molecule has 0 bridgehead atoms. The van der Waals surface area contributed by atoms with Crippen LogP contribution in [0.1, 0.15) is 6.92 Å². The maximum absolute atomic E-state index is 10.4. The van der Waals surface area contributed by atoms with E-state index < -0.39 is 5.97 Å². The van der Waals surface area contributed by atoms with Crippen LogP contribution < -0.4 is 0 Å². The molecule has 2 nitrogen and oxygen atoms in total. The fourth-order valence-corrected chi connectivity index (χ4v) is 2.43. The molecule has 60 valence electrons. The fraction of sp³-hybridized carbons (Fsp3) is 0.286. The minimum absolute atomic E-state index is 0.353. The summed E-state index contributed by atoms with van der Waals surface area (Å²) in [6.45, 7) is 1.69. The highest BCUT2D eigenvalue weighted by molar-refractivity contribution is 8.02. The van der Waals surface area contributed by atoms with Crippen LogP contribution in [0.25, 0.3) is 0 Å². The smallest absolute Gasteiger partial charge is 0.316 e. The lowest BCUT2D eigenvalue weighted by molar-refractivity contribution is -0.136. The number of thiophene rings is 1. The second kappa shape index (κ2) is 3.78. The largest absolute Gasteiger partial charge is 0.480 e. The molecular formula is C7H8O2S2. The van der Waals surface area contributed by atoms with Crippen LogP contribution in [0.4, 0.5) is 0 Å². The lowest BCUT2D eigenvalue weighted by atomic mass is 10.5. The summed E-state index contributed by atoms with van der Waals surface area (Å²) in [5, 5.41) is 10.2. The number of hydrogen-bond acceptors (Lipinski definition) is 3. The molecule has 0 unspecified atom stereocenters. The normalized spacial score (nSPS) is 12.8. The fourth-order valence-electron chi connectivity index (χ4n) is 0.555. The Labute approximate surface area is 73.2 Å². The van der Waals surface area contributed by atoms with E-state index in [0.717, 1.165) is 4.21 Å². The van der Waals surface area contributed by atoms with Gasteiger partial charge < -0.3 is 5.11 Å². The van der Waals surface area contributed by atoms with E-state index in [4.69, 9.17) is 5.11 Å². The van der Waals surface area contributed by atoms with Crippen molar-refractivity contribution in [2.75, 3.05) is 0 Å². The summed E-state index contributed by atoms with van der Waals surface area (Å²) in [4.78, 5) is 10.4. The first kappa shape index (κ1) is 8.62. The highest BCUT2D eigenvalue weighted by Crippen LogP contribution is 2.27. The molecule has 0 spiro atoms. The predicted octanol–water partition coefficient (Wildman–Crippen LogP) is 2.31. The third-order valence-corrected chi connectivity index (χ3v) is 3.30. The molecular weight excluding hydrogens is 180 g/mol. The Hall–Kier alpha value is -0.480. The summed E-state index contributed by atoms with van der Waals surface area (Å²) in [7, 11) is 0. The van der Waals surface area contributed by atoms with E-state index in [-0.39, 0.29) is 5.25 Å². The van der Waals surface area contributed by atoms with Gasteiger partial charge in [-0.15, -0.1) is 23.1 Å². The Bertz CT molecular complexity index is 231. The zero-order valence-corrected chi connectivity index (χ0v) is 7.61. The van der Waals surface area contributed by atoms with Gasteiger partial charge in [0.15, 0.2) is 0 Å². The number of carboxylic acid groups (broad SMARTS) is 1. The minimum Gasteiger partial charge on any atom is -0.480 e. The first-order valence-corrected chi connectivity index (χ1v) is 4.89. The molecule has 4 heteroatoms. The second-order valence-electron chi connectivity index (χ2n) is 2.03. The Morgan fingerprint density at radius 1 is 1.82 bits per heavy atom. The molecule has 1 aromatic rings. The molecule has 0 saturated carbocycles. The molecule has 1 N–H and O–H groups in total. The second-order valence-corrected chi connectivity index (χ2v) is 4.62. The Balaban J connectivity index is 2.50. The van der Waals surface area contributed by atoms with Crippen molar-refractivity contribution < 1.29 is 9.90 Å². The van der Waals surface area contributed by atoms with E-state index >= 15 is 0 Å². The van der Waals surface area contributed by atoms with Crippen LogP contribution in [0.5, 0.6) is 0 Å². The molecule has 0 aliphatic carbocycles. The predicted molar refractivity (Wildman–Crippen MR) is 47.3 cm³/mol. The quantitative estimate of drug-likeness (QED) is 0.740. The summed E-state index contributed by atoms with van der Waals surface area (Å²) in [6, 6.07) is 3.84. The lowest BCUT2D eigenvalue weighted by Gasteiger charge is -2.01. The van der Waals surface area contributed by atoms with E-state index in [9.17, 15) is 4.79 Å². The highest BCUT2D eigenvalue weighted by atomic mass is 32.2. The summed E-state index contributed by atoms with van der Waals surface area (Å²) < 4.78 is 1.06. The van der Waals surface area contributed by atoms with Crippen LogP contribution >= 0.6 is 23.1 Å². The highest BCUT2D eigenvalue weighted by Gasteiger charge is 2.12. The van der Waals surface area contributed by atoms with Crippen LogP contribution in [0.2, 0.25) is 0 Å². The third kappa shape index (κ3) is 2.55. The van der Waals surface area contributed by atoms with Gasteiger partial charge in [-0.3, -0.25) is 4.79 Å². The molecule has 0 amide bonds. The molecule has 0 aromatic carbocycles. The Morgan fingerprint density at radius 3 is 3.00 bits per heavy atom. The Morgan fingerprint density at radius 2 is 2.55 bits per heavy atom. The standard InChI is InChI=1S/C7H8O2S2/c1-5(7(8)9)11-6-3-2-4-10-6/h2-5H,1H3,(H,8,9)/t5-/m1/s1. The van der Waals surface area contributed by atoms with E-state index in [1.807, 2.05) is 17.5 Å². The van der Waals surface area contributed by atoms with Gasteiger partial charge in [0.25, 0.3) is 0 Å². The van der Waals surface area contributed by atoms with Crippen LogP contribution in [-0.4, -0.2) is 16.3 Å². The minimum atomic E-state index is -0.761. The maximum Gasteiger partial charge on any atom is 0.316 e. The van der Waals surface area contributed by atoms with Crippen molar-refractivity contribution in [1.29, 1.82) is 0 Å². The zero-order chi connectivity index (χ0) is 8.27. The number of thioether (sulfide) groups is 1. The van der Waals surface area contributed by atoms with Crippen molar-refractivity contribution in [3.63, 3.8) is 0 Å². The zero-order valence-electron chi connectivity index (χ0n) is 5.98. The van der Waals surface area contributed by atoms with Gasteiger partial charge in [-0.2, -0.15) is 0 Å². The van der Waals surface area contributed by atoms with Crippen molar-refractivity contribution >= 4 is 29.1 Å². The number of aliphatic carboxylic acids is 1. The first-order chi connectivity index (χ1) is 5.20. The molecule has 0 radical (unpaired) electrons. The molecule has 1 heterocycles.